The first-order valence-electron chi connectivity index (χ1n) is 16.1. The van der Waals surface area contributed by atoms with Crippen LogP contribution in [-0.2, 0) is 28.7 Å². The van der Waals surface area contributed by atoms with Crippen LogP contribution in [0.15, 0.2) is 39.3 Å². The molecule has 10 nitrogen and oxygen atoms in total. The third-order valence-corrected chi connectivity index (χ3v) is 12.2. The van der Waals surface area contributed by atoms with Gasteiger partial charge in [0.15, 0.2) is 17.1 Å². The summed E-state index contributed by atoms with van der Waals surface area (Å²) in [7, 11) is 0. The number of rotatable bonds is 18. The van der Waals surface area contributed by atoms with Crippen LogP contribution < -0.4 is 9.47 Å². The van der Waals surface area contributed by atoms with E-state index in [0.29, 0.717) is 36.7 Å². The molecule has 2 heterocycles. The van der Waals surface area contributed by atoms with Crippen LogP contribution in [0, 0.1) is 17.9 Å². The van der Waals surface area contributed by atoms with Gasteiger partial charge in [0, 0.05) is 13.8 Å². The second-order valence-corrected chi connectivity index (χ2v) is 15.5. The van der Waals surface area contributed by atoms with E-state index >= 15 is 0 Å². The Kier molecular flexibility index (Phi) is 16.8. The zero-order valence-electron chi connectivity index (χ0n) is 27.7. The number of benzene rings is 1. The van der Waals surface area contributed by atoms with Gasteiger partial charge in [-0.2, -0.15) is 5.26 Å². The second kappa shape index (κ2) is 20.5. The zero-order chi connectivity index (χ0) is 35.1. The summed E-state index contributed by atoms with van der Waals surface area (Å²) in [5, 5.41) is 9.94. The quantitative estimate of drug-likeness (QED) is 0.0354. The van der Waals surface area contributed by atoms with Crippen LogP contribution in [0.25, 0.3) is 4.85 Å². The lowest BCUT2D eigenvalue weighted by Crippen LogP contribution is -2.09. The summed E-state index contributed by atoms with van der Waals surface area (Å²) in [6, 6.07) is 1.95. The normalized spacial score (nSPS) is 12.8. The van der Waals surface area contributed by atoms with Crippen molar-refractivity contribution in [3.63, 3.8) is 0 Å². The summed E-state index contributed by atoms with van der Waals surface area (Å²) in [5.41, 5.74) is -0.435. The van der Waals surface area contributed by atoms with Gasteiger partial charge in [-0.15, -0.1) is 0 Å². The molecule has 0 fully saturated rings. The van der Waals surface area contributed by atoms with Gasteiger partial charge in [-0.25, -0.2) is 9.64 Å². The molecular weight excluding hydrogens is 693 g/mol. The van der Waals surface area contributed by atoms with E-state index in [1.807, 2.05) is 6.07 Å². The van der Waals surface area contributed by atoms with Crippen LogP contribution in [0.5, 0.6) is 11.5 Å². The van der Waals surface area contributed by atoms with Crippen molar-refractivity contribution in [2.45, 2.75) is 124 Å². The van der Waals surface area contributed by atoms with Crippen molar-refractivity contribution in [3.05, 3.63) is 31.2 Å². The molecule has 0 aliphatic carbocycles. The molecule has 48 heavy (non-hydrogen) atoms. The van der Waals surface area contributed by atoms with Crippen molar-refractivity contribution in [1.82, 2.24) is 0 Å². The lowest BCUT2D eigenvalue weighted by molar-refractivity contribution is -0.139. The smallest absolute Gasteiger partial charge is 0.350 e. The molecule has 0 unspecified atom stereocenters. The highest BCUT2D eigenvalue weighted by atomic mass is 32.2. The summed E-state index contributed by atoms with van der Waals surface area (Å²) < 4.78 is 22.7. The molecule has 0 saturated heterocycles. The van der Waals surface area contributed by atoms with E-state index < -0.39 is 23.9 Å². The number of nitrogens with zero attached hydrogens (tertiary/aromatic N) is 2. The molecule has 0 bridgehead atoms. The Balaban J connectivity index is 1.90. The van der Waals surface area contributed by atoms with E-state index in [1.54, 1.807) is 0 Å². The molecule has 0 N–H and O–H groups in total. The standard InChI is InChI=1S/C34H40N2O8S4/c1-6-8-10-12-14-16-18-41-31(39)23(20-35)33-45-27-25(43-21(3)37)29-30(26(28(27)46-33)44-22(4)38)48-34(47-29)24(36-5)32(40)42-19-17-15-13-11-9-7-2/h6-19H2,1-4H3. The van der Waals surface area contributed by atoms with Gasteiger partial charge in [0.25, 0.3) is 5.70 Å². The van der Waals surface area contributed by atoms with Gasteiger partial charge in [-0.1, -0.05) is 125 Å². The molecule has 1 aromatic rings. The van der Waals surface area contributed by atoms with Gasteiger partial charge in [-0.3, -0.25) is 14.4 Å². The SMILES string of the molecule is [C-]#[N+]C(C(=O)OCCCCCCCC)=C1Sc2c(OC(C)=O)c3c(c(OC(C)=O)c2S1)SC(=C(C#N)C(=O)OCCCCCCCC)S3. The minimum atomic E-state index is -0.764. The van der Waals surface area contributed by atoms with Crippen LogP contribution in [0.4, 0.5) is 0 Å². The Morgan fingerprint density at radius 3 is 1.44 bits per heavy atom. The number of ether oxygens (including phenoxy) is 4. The third-order valence-electron chi connectivity index (χ3n) is 6.99. The average molecular weight is 733 g/mol. The van der Waals surface area contributed by atoms with Crippen molar-refractivity contribution in [3.8, 4) is 17.6 Å². The highest BCUT2D eigenvalue weighted by Crippen LogP contribution is 2.68. The predicted octanol–water partition coefficient (Wildman–Crippen LogP) is 9.56. The molecule has 0 atom stereocenters. The lowest BCUT2D eigenvalue weighted by Gasteiger charge is -2.15. The van der Waals surface area contributed by atoms with E-state index in [-0.39, 0.29) is 40.2 Å². The lowest BCUT2D eigenvalue weighted by atomic mass is 10.1. The minimum absolute atomic E-state index is 0.117. The Bertz CT molecular complexity index is 1390. The fraction of sp³-hybridized carbons (Fsp3) is 0.529. The first-order valence-corrected chi connectivity index (χ1v) is 19.4. The highest BCUT2D eigenvalue weighted by Gasteiger charge is 2.40. The van der Waals surface area contributed by atoms with Crippen molar-refractivity contribution >= 4 is 70.9 Å². The van der Waals surface area contributed by atoms with E-state index in [1.165, 1.54) is 13.8 Å². The van der Waals surface area contributed by atoms with Crippen LogP contribution in [0.1, 0.15) is 105 Å². The van der Waals surface area contributed by atoms with Gasteiger partial charge in [-0.05, 0) is 12.8 Å². The van der Waals surface area contributed by atoms with Gasteiger partial charge in [0.1, 0.15) is 6.07 Å². The monoisotopic (exact) mass is 732 g/mol. The number of carbonyl (C=O) groups excluding carboxylic acids is 4. The summed E-state index contributed by atoms with van der Waals surface area (Å²) in [4.78, 5) is 55.4. The molecule has 3 rings (SSSR count). The van der Waals surface area contributed by atoms with Gasteiger partial charge in [0.2, 0.25) is 0 Å². The zero-order valence-corrected chi connectivity index (χ0v) is 31.0. The Labute approximate surface area is 299 Å². The Hall–Kier alpha value is -3.04. The van der Waals surface area contributed by atoms with E-state index in [9.17, 15) is 24.4 Å². The van der Waals surface area contributed by atoms with Crippen LogP contribution in [-0.4, -0.2) is 37.1 Å². The first-order chi connectivity index (χ1) is 23.2. The molecule has 0 saturated carbocycles. The molecule has 0 amide bonds. The number of esters is 4. The van der Waals surface area contributed by atoms with Crippen molar-refractivity contribution in [2.75, 3.05) is 13.2 Å². The fourth-order valence-corrected chi connectivity index (χ4v) is 9.96. The molecule has 2 aliphatic heterocycles. The molecule has 0 spiro atoms. The van der Waals surface area contributed by atoms with Gasteiger partial charge >= 0.3 is 23.9 Å². The van der Waals surface area contributed by atoms with E-state index in [2.05, 4.69) is 18.7 Å². The molecule has 2 aliphatic rings. The molecule has 0 aromatic heterocycles. The van der Waals surface area contributed by atoms with E-state index in [4.69, 9.17) is 25.5 Å². The summed E-state index contributed by atoms with van der Waals surface area (Å²) in [5.74, 6) is -2.55. The fourth-order valence-electron chi connectivity index (χ4n) is 4.66. The maximum atomic E-state index is 13.0. The van der Waals surface area contributed by atoms with Crippen LogP contribution in [0.3, 0.4) is 0 Å². The number of hydrogen-bond acceptors (Lipinski definition) is 13. The number of unbranched alkanes of at least 4 members (excludes halogenated alkanes) is 10. The van der Waals surface area contributed by atoms with Gasteiger partial charge < -0.3 is 18.9 Å². The maximum absolute atomic E-state index is 13.0. The predicted molar refractivity (Wildman–Crippen MR) is 187 cm³/mol. The number of fused-ring (bicyclic) bond motifs is 2. The van der Waals surface area contributed by atoms with Crippen molar-refractivity contribution < 1.29 is 38.1 Å². The van der Waals surface area contributed by atoms with E-state index in [0.717, 1.165) is 111 Å². The largest absolute Gasteiger partial charge is 0.471 e. The van der Waals surface area contributed by atoms with Gasteiger partial charge in [0.05, 0.1) is 47.8 Å². The van der Waals surface area contributed by atoms with Crippen molar-refractivity contribution in [2.24, 2.45) is 0 Å². The number of thioether (sulfide) groups is 4. The summed E-state index contributed by atoms with van der Waals surface area (Å²) >= 11 is 4.12. The Morgan fingerprint density at radius 1 is 0.646 bits per heavy atom. The molecule has 258 valence electrons. The maximum Gasteiger partial charge on any atom is 0.350 e. The van der Waals surface area contributed by atoms with Crippen molar-refractivity contribution in [1.29, 1.82) is 5.26 Å². The molecule has 14 heteroatoms. The van der Waals surface area contributed by atoms with Crippen LogP contribution >= 0.6 is 47.0 Å². The third kappa shape index (κ3) is 11.0. The number of nitriles is 1. The van der Waals surface area contributed by atoms with Crippen LogP contribution in [0.2, 0.25) is 0 Å². The summed E-state index contributed by atoms with van der Waals surface area (Å²) in [6.45, 7) is 14.9. The second-order valence-electron chi connectivity index (χ2n) is 10.9. The number of carbonyl (C=O) groups is 4. The molecule has 1 aromatic carbocycles. The minimum Gasteiger partial charge on any atom is -0.471 e. The molecular formula is C34H40N2O8S4. The highest BCUT2D eigenvalue weighted by molar-refractivity contribution is 8.26. The molecule has 0 radical (unpaired) electrons. The number of hydrogen-bond donors (Lipinski definition) is 0. The first kappa shape index (κ1) is 39.4. The summed E-state index contributed by atoms with van der Waals surface area (Å²) in [6.07, 6.45) is 12.2. The Morgan fingerprint density at radius 2 is 1.04 bits per heavy atom. The average Bonchev–Trinajstić information content (AvgIpc) is 3.68. The topological polar surface area (TPSA) is 133 Å².